The van der Waals surface area contributed by atoms with E-state index in [1.807, 2.05) is 11.4 Å². The summed E-state index contributed by atoms with van der Waals surface area (Å²) in [6.07, 6.45) is 2.99. The fourth-order valence-electron chi connectivity index (χ4n) is 2.89. The standard InChI is InChI=1S/C19H19FN2O4S/c1-11-6-7-15-12(8-11)9-16(27-15)18(24)26-10-17(23)22-19(25)21-14-5-3-2-4-13(14)20/h2-5,9,11H,6-8,10H2,1H3,(H2,21,22,23,25)/t11-/m0/s1. The van der Waals surface area contributed by atoms with Crippen LogP contribution in [0.15, 0.2) is 30.3 Å². The molecule has 2 N–H and O–H groups in total. The van der Waals surface area contributed by atoms with Crippen molar-refractivity contribution in [3.63, 3.8) is 0 Å². The van der Waals surface area contributed by atoms with E-state index in [1.54, 1.807) is 6.07 Å². The quantitative estimate of drug-likeness (QED) is 0.783. The van der Waals surface area contributed by atoms with Crippen LogP contribution in [0.1, 0.15) is 33.5 Å². The van der Waals surface area contributed by atoms with Gasteiger partial charge in [0.2, 0.25) is 0 Å². The molecule has 1 atom stereocenters. The number of halogens is 1. The molecule has 0 bridgehead atoms. The summed E-state index contributed by atoms with van der Waals surface area (Å²) in [4.78, 5) is 37.2. The molecule has 8 heteroatoms. The number of carbonyl (C=O) groups is 3. The predicted molar refractivity (Wildman–Crippen MR) is 99.4 cm³/mol. The van der Waals surface area contributed by atoms with Crippen LogP contribution in [0.25, 0.3) is 0 Å². The SMILES string of the molecule is C[C@H]1CCc2sc(C(=O)OCC(=O)NC(=O)Nc3ccccc3F)cc2C1. The summed E-state index contributed by atoms with van der Waals surface area (Å²) < 4.78 is 18.4. The Morgan fingerprint density at radius 1 is 1.30 bits per heavy atom. The molecule has 0 fully saturated rings. The number of hydrogen-bond donors (Lipinski definition) is 2. The average molecular weight is 390 g/mol. The molecule has 1 heterocycles. The normalized spacial score (nSPS) is 15.6. The third-order valence-corrected chi connectivity index (χ3v) is 5.46. The molecular weight excluding hydrogens is 371 g/mol. The number of para-hydroxylation sites is 1. The maximum Gasteiger partial charge on any atom is 0.348 e. The number of rotatable bonds is 4. The van der Waals surface area contributed by atoms with Crippen LogP contribution in [-0.4, -0.2) is 24.5 Å². The second-order valence-electron chi connectivity index (χ2n) is 6.47. The van der Waals surface area contributed by atoms with Crippen molar-refractivity contribution in [3.05, 3.63) is 51.5 Å². The molecular formula is C19H19FN2O4S. The third kappa shape index (κ3) is 4.91. The number of esters is 1. The Kier molecular flexibility index (Phi) is 5.85. The van der Waals surface area contributed by atoms with Gasteiger partial charge < -0.3 is 10.1 Å². The topological polar surface area (TPSA) is 84.5 Å². The molecule has 6 nitrogen and oxygen atoms in total. The van der Waals surface area contributed by atoms with Gasteiger partial charge in [0.05, 0.1) is 5.69 Å². The summed E-state index contributed by atoms with van der Waals surface area (Å²) in [5.74, 6) is -1.42. The Hall–Kier alpha value is -2.74. The lowest BCUT2D eigenvalue weighted by atomic mass is 9.90. The molecule has 1 aromatic carbocycles. The smallest absolute Gasteiger partial charge is 0.348 e. The maximum absolute atomic E-state index is 13.5. The van der Waals surface area contributed by atoms with Gasteiger partial charge >= 0.3 is 12.0 Å². The van der Waals surface area contributed by atoms with Crippen molar-refractivity contribution in [3.8, 4) is 0 Å². The van der Waals surface area contributed by atoms with Gasteiger partial charge in [-0.1, -0.05) is 19.1 Å². The Balaban J connectivity index is 1.48. The van der Waals surface area contributed by atoms with Crippen molar-refractivity contribution in [1.82, 2.24) is 5.32 Å². The molecule has 1 aliphatic rings. The van der Waals surface area contributed by atoms with Gasteiger partial charge in [0, 0.05) is 4.88 Å². The largest absolute Gasteiger partial charge is 0.451 e. The molecule has 1 aromatic heterocycles. The molecule has 0 spiro atoms. The summed E-state index contributed by atoms with van der Waals surface area (Å²) in [6.45, 7) is 1.58. The number of benzene rings is 1. The summed E-state index contributed by atoms with van der Waals surface area (Å²) in [5, 5.41) is 4.20. The summed E-state index contributed by atoms with van der Waals surface area (Å²) in [5.41, 5.74) is 1.11. The van der Waals surface area contributed by atoms with Gasteiger partial charge in [-0.25, -0.2) is 14.0 Å². The zero-order chi connectivity index (χ0) is 19.4. The molecule has 0 saturated heterocycles. The van der Waals surface area contributed by atoms with Crippen LogP contribution in [0.5, 0.6) is 0 Å². The van der Waals surface area contributed by atoms with E-state index >= 15 is 0 Å². The van der Waals surface area contributed by atoms with Crippen LogP contribution in [0.2, 0.25) is 0 Å². The van der Waals surface area contributed by atoms with Crippen molar-refractivity contribution in [2.45, 2.75) is 26.2 Å². The highest BCUT2D eigenvalue weighted by Gasteiger charge is 2.22. The second-order valence-corrected chi connectivity index (χ2v) is 7.60. The summed E-state index contributed by atoms with van der Waals surface area (Å²) in [6, 6.07) is 6.48. The maximum atomic E-state index is 13.5. The van der Waals surface area contributed by atoms with E-state index in [9.17, 15) is 18.8 Å². The average Bonchev–Trinajstić information content (AvgIpc) is 3.04. The first-order valence-corrected chi connectivity index (χ1v) is 9.38. The predicted octanol–water partition coefficient (Wildman–Crippen LogP) is 3.52. The molecule has 2 aromatic rings. The van der Waals surface area contributed by atoms with E-state index in [-0.39, 0.29) is 5.69 Å². The minimum atomic E-state index is -0.901. The van der Waals surface area contributed by atoms with E-state index in [2.05, 4.69) is 12.2 Å². The van der Waals surface area contributed by atoms with E-state index < -0.39 is 30.3 Å². The fraction of sp³-hybridized carbons (Fsp3) is 0.316. The third-order valence-electron chi connectivity index (χ3n) is 4.24. The molecule has 3 amide bonds. The Labute approximate surface area is 159 Å². The number of thiophene rings is 1. The van der Waals surface area contributed by atoms with Crippen molar-refractivity contribution >= 4 is 34.9 Å². The summed E-state index contributed by atoms with van der Waals surface area (Å²) >= 11 is 1.39. The lowest BCUT2D eigenvalue weighted by molar-refractivity contribution is -0.123. The van der Waals surface area contributed by atoms with E-state index in [0.29, 0.717) is 10.8 Å². The first-order chi connectivity index (χ1) is 12.9. The number of amides is 3. The van der Waals surface area contributed by atoms with E-state index in [1.165, 1.54) is 40.0 Å². The fourth-order valence-corrected chi connectivity index (χ4v) is 3.99. The highest BCUT2D eigenvalue weighted by atomic mass is 32.1. The Morgan fingerprint density at radius 3 is 2.85 bits per heavy atom. The number of ether oxygens (including phenoxy) is 1. The van der Waals surface area contributed by atoms with Gasteiger partial charge in [0.15, 0.2) is 6.61 Å². The van der Waals surface area contributed by atoms with E-state index in [0.717, 1.165) is 19.3 Å². The minimum Gasteiger partial charge on any atom is -0.451 e. The van der Waals surface area contributed by atoms with E-state index in [4.69, 9.17) is 4.74 Å². The van der Waals surface area contributed by atoms with Crippen LogP contribution in [0, 0.1) is 11.7 Å². The highest BCUT2D eigenvalue weighted by molar-refractivity contribution is 7.14. The van der Waals surface area contributed by atoms with Gasteiger partial charge in [0.25, 0.3) is 5.91 Å². The second kappa shape index (κ2) is 8.30. The van der Waals surface area contributed by atoms with Crippen LogP contribution in [0.3, 0.4) is 0 Å². The number of fused-ring (bicyclic) bond motifs is 1. The Morgan fingerprint density at radius 2 is 2.07 bits per heavy atom. The molecule has 0 aliphatic heterocycles. The Bertz CT molecular complexity index is 880. The minimum absolute atomic E-state index is 0.0572. The molecule has 0 unspecified atom stereocenters. The number of nitrogens with one attached hydrogen (secondary N) is 2. The highest BCUT2D eigenvalue weighted by Crippen LogP contribution is 2.32. The molecule has 27 heavy (non-hydrogen) atoms. The lowest BCUT2D eigenvalue weighted by Crippen LogP contribution is -2.37. The van der Waals surface area contributed by atoms with Gasteiger partial charge in [-0.3, -0.25) is 10.1 Å². The summed E-state index contributed by atoms with van der Waals surface area (Å²) in [7, 11) is 0. The monoisotopic (exact) mass is 390 g/mol. The van der Waals surface area contributed by atoms with Crippen molar-refractivity contribution in [1.29, 1.82) is 0 Å². The lowest BCUT2D eigenvalue weighted by Gasteiger charge is -2.16. The van der Waals surface area contributed by atoms with Gasteiger partial charge in [-0.05, 0) is 48.9 Å². The van der Waals surface area contributed by atoms with Crippen LogP contribution in [-0.2, 0) is 22.4 Å². The van der Waals surface area contributed by atoms with Crippen LogP contribution in [0.4, 0.5) is 14.9 Å². The molecule has 142 valence electrons. The molecule has 0 radical (unpaired) electrons. The molecule has 1 aliphatic carbocycles. The number of carbonyl (C=O) groups excluding carboxylic acids is 3. The number of aryl methyl sites for hydroxylation is 1. The first kappa shape index (κ1) is 19.0. The van der Waals surface area contributed by atoms with Crippen molar-refractivity contribution in [2.75, 3.05) is 11.9 Å². The van der Waals surface area contributed by atoms with Gasteiger partial charge in [0.1, 0.15) is 10.7 Å². The number of anilines is 1. The van der Waals surface area contributed by atoms with Crippen molar-refractivity contribution in [2.24, 2.45) is 5.92 Å². The number of imide groups is 1. The van der Waals surface area contributed by atoms with Crippen LogP contribution >= 0.6 is 11.3 Å². The zero-order valence-electron chi connectivity index (χ0n) is 14.7. The zero-order valence-corrected chi connectivity index (χ0v) is 15.5. The molecule has 3 rings (SSSR count). The van der Waals surface area contributed by atoms with Crippen molar-refractivity contribution < 1.29 is 23.5 Å². The van der Waals surface area contributed by atoms with Crippen LogP contribution < -0.4 is 10.6 Å². The number of hydrogen-bond acceptors (Lipinski definition) is 5. The number of urea groups is 1. The van der Waals surface area contributed by atoms with Gasteiger partial charge in [-0.2, -0.15) is 0 Å². The molecule has 0 saturated carbocycles. The first-order valence-electron chi connectivity index (χ1n) is 8.56. The van der Waals surface area contributed by atoms with Gasteiger partial charge in [-0.15, -0.1) is 11.3 Å².